The first kappa shape index (κ1) is 22.0. The van der Waals surface area contributed by atoms with E-state index in [1.807, 2.05) is 28.6 Å². The van der Waals surface area contributed by atoms with Gasteiger partial charge in [-0.15, -0.1) is 11.3 Å². The van der Waals surface area contributed by atoms with Gasteiger partial charge in [-0.1, -0.05) is 12.1 Å². The van der Waals surface area contributed by atoms with Crippen LogP contribution in [0, 0.1) is 6.92 Å². The van der Waals surface area contributed by atoms with Crippen molar-refractivity contribution in [2.75, 3.05) is 37.6 Å². The topological polar surface area (TPSA) is 52.6 Å². The molecule has 0 aliphatic carbocycles. The number of carbonyl (C=O) groups excluding carboxylic acids is 1. The average Bonchev–Trinajstić information content (AvgIpc) is 3.21. The zero-order valence-electron chi connectivity index (χ0n) is 19.6. The number of aromatic nitrogens is 2. The van der Waals surface area contributed by atoms with Crippen molar-refractivity contribution < 1.29 is 4.79 Å². The fraction of sp³-hybridized carbons (Fsp3) is 0.423. The molecule has 2 aliphatic rings. The molecule has 172 valence electrons. The van der Waals surface area contributed by atoms with Crippen LogP contribution in [0.25, 0.3) is 15.7 Å². The molecule has 4 heterocycles. The highest BCUT2D eigenvalue weighted by molar-refractivity contribution is 7.19. The summed E-state index contributed by atoms with van der Waals surface area (Å²) in [6, 6.07) is 9.58. The summed E-state index contributed by atoms with van der Waals surface area (Å²) < 4.78 is 1.34. The quantitative estimate of drug-likeness (QED) is 0.582. The van der Waals surface area contributed by atoms with Crippen LogP contribution in [-0.2, 0) is 4.79 Å². The van der Waals surface area contributed by atoms with Crippen LogP contribution in [0.15, 0.2) is 49.1 Å². The van der Waals surface area contributed by atoms with Gasteiger partial charge in [0, 0.05) is 47.8 Å². The molecule has 1 aromatic carbocycles. The number of piperazine rings is 1. The Kier molecular flexibility index (Phi) is 6.17. The van der Waals surface area contributed by atoms with Crippen molar-refractivity contribution in [1.29, 1.82) is 0 Å². The van der Waals surface area contributed by atoms with Crippen molar-refractivity contribution in [2.45, 2.75) is 39.3 Å². The monoisotopic (exact) mass is 461 g/mol. The highest BCUT2D eigenvalue weighted by Gasteiger charge is 2.32. The van der Waals surface area contributed by atoms with E-state index in [0.29, 0.717) is 13.1 Å². The minimum Gasteiger partial charge on any atom is -0.366 e. The van der Waals surface area contributed by atoms with Gasteiger partial charge in [0.2, 0.25) is 5.91 Å². The van der Waals surface area contributed by atoms with Crippen LogP contribution in [0.5, 0.6) is 0 Å². The number of hydrogen-bond acceptors (Lipinski definition) is 6. The van der Waals surface area contributed by atoms with Gasteiger partial charge in [0.1, 0.15) is 6.33 Å². The van der Waals surface area contributed by atoms with Crippen molar-refractivity contribution in [3.8, 4) is 0 Å². The lowest BCUT2D eigenvalue weighted by atomic mass is 9.98. The second-order valence-electron chi connectivity index (χ2n) is 9.30. The molecule has 6 nitrogen and oxygen atoms in total. The molecule has 33 heavy (non-hydrogen) atoms. The van der Waals surface area contributed by atoms with Gasteiger partial charge in [-0.2, -0.15) is 0 Å². The standard InChI is InChI=1S/C26H31N5OS/c1-18-14-30(24-12-27-17-28-13-24)15-19(2)31(18)16-26(32)29-8-6-21(7-9-29)22-4-5-25-23(11-22)10-20(3)33-25/h4-6,10-13,17-19H,7-9,14-16H2,1-3H3/t18-,19+. The van der Waals surface area contributed by atoms with E-state index < -0.39 is 0 Å². The number of anilines is 1. The first-order valence-corrected chi connectivity index (χ1v) is 12.5. The summed E-state index contributed by atoms with van der Waals surface area (Å²) in [6.07, 6.45) is 8.44. The fourth-order valence-electron chi connectivity index (χ4n) is 5.12. The number of nitrogens with zero attached hydrogens (tertiary/aromatic N) is 5. The number of aryl methyl sites for hydroxylation is 1. The zero-order chi connectivity index (χ0) is 22.9. The summed E-state index contributed by atoms with van der Waals surface area (Å²) in [4.78, 5) is 29.5. The molecule has 0 radical (unpaired) electrons. The zero-order valence-corrected chi connectivity index (χ0v) is 20.4. The predicted octanol–water partition coefficient (Wildman–Crippen LogP) is 4.21. The van der Waals surface area contributed by atoms with E-state index in [9.17, 15) is 4.79 Å². The Morgan fingerprint density at radius 3 is 2.58 bits per heavy atom. The lowest BCUT2D eigenvalue weighted by Crippen LogP contribution is -2.59. The predicted molar refractivity (Wildman–Crippen MR) is 136 cm³/mol. The number of carbonyl (C=O) groups is 1. The van der Waals surface area contributed by atoms with E-state index in [0.717, 1.165) is 31.7 Å². The highest BCUT2D eigenvalue weighted by Crippen LogP contribution is 2.30. The van der Waals surface area contributed by atoms with Crippen LogP contribution in [0.3, 0.4) is 0 Å². The van der Waals surface area contributed by atoms with Crippen LogP contribution < -0.4 is 4.90 Å². The highest BCUT2D eigenvalue weighted by atomic mass is 32.1. The van der Waals surface area contributed by atoms with Gasteiger partial charge in [-0.3, -0.25) is 9.69 Å². The third-order valence-electron chi connectivity index (χ3n) is 6.90. The molecular weight excluding hydrogens is 430 g/mol. The Morgan fingerprint density at radius 2 is 1.88 bits per heavy atom. The first-order valence-electron chi connectivity index (χ1n) is 11.7. The summed E-state index contributed by atoms with van der Waals surface area (Å²) in [7, 11) is 0. The summed E-state index contributed by atoms with van der Waals surface area (Å²) in [5, 5.41) is 1.32. The van der Waals surface area contributed by atoms with E-state index in [2.05, 4.69) is 70.9 Å². The Morgan fingerprint density at radius 1 is 1.12 bits per heavy atom. The number of benzene rings is 1. The van der Waals surface area contributed by atoms with Gasteiger partial charge in [0.15, 0.2) is 0 Å². The third-order valence-corrected chi connectivity index (χ3v) is 7.94. The number of rotatable bonds is 4. The molecule has 0 spiro atoms. The van der Waals surface area contributed by atoms with Crippen molar-refractivity contribution in [1.82, 2.24) is 19.8 Å². The molecule has 0 bridgehead atoms. The summed E-state index contributed by atoms with van der Waals surface area (Å²) in [6.45, 7) is 10.3. The lowest BCUT2D eigenvalue weighted by molar-refractivity contribution is -0.133. The largest absolute Gasteiger partial charge is 0.366 e. The van der Waals surface area contributed by atoms with Crippen LogP contribution in [0.4, 0.5) is 5.69 Å². The molecule has 3 aromatic rings. The Labute approximate surface area is 199 Å². The lowest BCUT2D eigenvalue weighted by Gasteiger charge is -2.45. The molecule has 2 aromatic heterocycles. The smallest absolute Gasteiger partial charge is 0.237 e. The van der Waals surface area contributed by atoms with Crippen molar-refractivity contribution in [3.63, 3.8) is 0 Å². The number of thiophene rings is 1. The van der Waals surface area contributed by atoms with Crippen LogP contribution in [-0.4, -0.2) is 70.5 Å². The molecular formula is C26H31N5OS. The van der Waals surface area contributed by atoms with Crippen molar-refractivity contribution in [3.05, 3.63) is 59.5 Å². The van der Waals surface area contributed by atoms with Gasteiger partial charge in [0.25, 0.3) is 0 Å². The first-order chi connectivity index (χ1) is 16.0. The molecule has 0 unspecified atom stereocenters. The minimum atomic E-state index is 0.226. The normalized spacial score (nSPS) is 22.0. The van der Waals surface area contributed by atoms with Gasteiger partial charge >= 0.3 is 0 Å². The number of hydrogen-bond donors (Lipinski definition) is 0. The minimum absolute atomic E-state index is 0.226. The van der Waals surface area contributed by atoms with E-state index in [-0.39, 0.29) is 18.0 Å². The fourth-order valence-corrected chi connectivity index (χ4v) is 6.03. The summed E-state index contributed by atoms with van der Waals surface area (Å²) in [5.41, 5.74) is 3.69. The Balaban J connectivity index is 1.20. The maximum Gasteiger partial charge on any atom is 0.237 e. The van der Waals surface area contributed by atoms with Crippen molar-refractivity contribution in [2.24, 2.45) is 0 Å². The maximum absolute atomic E-state index is 13.2. The van der Waals surface area contributed by atoms with Crippen LogP contribution in [0.2, 0.25) is 0 Å². The van der Waals surface area contributed by atoms with Gasteiger partial charge in [-0.25, -0.2) is 9.97 Å². The molecule has 2 atom stereocenters. The average molecular weight is 462 g/mol. The van der Waals surface area contributed by atoms with E-state index in [4.69, 9.17) is 0 Å². The van der Waals surface area contributed by atoms with Crippen LogP contribution in [0.1, 0.15) is 30.7 Å². The SMILES string of the molecule is Cc1cc2cc(C3=CCN(C(=O)CN4[C@H](C)CN(c5cncnc5)C[C@@H]4C)CC3)ccc2s1. The number of amides is 1. The summed E-state index contributed by atoms with van der Waals surface area (Å²) in [5.74, 6) is 0.226. The van der Waals surface area contributed by atoms with Crippen LogP contribution >= 0.6 is 11.3 Å². The second-order valence-corrected chi connectivity index (χ2v) is 10.6. The molecule has 7 heteroatoms. The maximum atomic E-state index is 13.2. The molecule has 1 saturated heterocycles. The molecule has 2 aliphatic heterocycles. The molecule has 5 rings (SSSR count). The van der Waals surface area contributed by atoms with Gasteiger partial charge in [0.05, 0.1) is 24.6 Å². The summed E-state index contributed by atoms with van der Waals surface area (Å²) >= 11 is 1.84. The molecule has 1 amide bonds. The molecule has 0 N–H and O–H groups in total. The second kappa shape index (κ2) is 9.23. The van der Waals surface area contributed by atoms with Crippen molar-refractivity contribution >= 4 is 38.6 Å². The Bertz CT molecular complexity index is 1160. The molecule has 0 saturated carbocycles. The molecule has 1 fully saturated rings. The van der Waals surface area contributed by atoms with E-state index in [1.54, 1.807) is 6.33 Å². The third kappa shape index (κ3) is 4.66. The number of fused-ring (bicyclic) bond motifs is 1. The van der Waals surface area contributed by atoms with E-state index >= 15 is 0 Å². The van der Waals surface area contributed by atoms with Gasteiger partial charge < -0.3 is 9.80 Å². The Hall–Kier alpha value is -2.77. The van der Waals surface area contributed by atoms with E-state index in [1.165, 1.54) is 26.1 Å². The van der Waals surface area contributed by atoms with Gasteiger partial charge in [-0.05, 0) is 61.9 Å².